The van der Waals surface area contributed by atoms with Gasteiger partial charge in [0.25, 0.3) is 0 Å². The minimum Gasteiger partial charge on any atom is -0.508 e. The fourth-order valence-corrected chi connectivity index (χ4v) is 5.53. The molecule has 2 fully saturated rings. The number of amides is 1. The van der Waals surface area contributed by atoms with Gasteiger partial charge in [0.2, 0.25) is 5.91 Å². The molecule has 0 radical (unpaired) electrons. The number of hydrazine groups is 1. The van der Waals surface area contributed by atoms with Crippen LogP contribution < -0.4 is 15.6 Å². The van der Waals surface area contributed by atoms with Crippen LogP contribution in [0.4, 0.5) is 0 Å². The number of halogens is 2. The summed E-state index contributed by atoms with van der Waals surface area (Å²) in [5.74, 6) is 0.0270. The van der Waals surface area contributed by atoms with Crippen molar-refractivity contribution >= 4 is 29.1 Å². The normalized spacial score (nSPS) is 23.5. The quantitative estimate of drug-likeness (QED) is 0.397. The predicted octanol–water partition coefficient (Wildman–Crippen LogP) is 4.64. The second-order valence-corrected chi connectivity index (χ2v) is 9.73. The zero-order chi connectivity index (χ0) is 24.9. The third-order valence-electron chi connectivity index (χ3n) is 6.90. The van der Waals surface area contributed by atoms with Gasteiger partial charge in [-0.25, -0.2) is 10.9 Å². The molecule has 35 heavy (non-hydrogen) atoms. The maximum atomic E-state index is 13.7. The van der Waals surface area contributed by atoms with Gasteiger partial charge in [-0.15, -0.1) is 0 Å². The first-order valence-corrected chi connectivity index (χ1v) is 12.0. The third kappa shape index (κ3) is 4.08. The van der Waals surface area contributed by atoms with Gasteiger partial charge in [-0.1, -0.05) is 47.5 Å². The molecule has 0 bridgehead atoms. The number of nitrogens with one attached hydrogen (secondary N) is 2. The highest BCUT2D eigenvalue weighted by Gasteiger charge is 2.56. The number of hydrogen-bond donors (Lipinski definition) is 4. The Morgan fingerprint density at radius 1 is 0.971 bits per heavy atom. The molecular weight excluding hydrogens is 489 g/mol. The van der Waals surface area contributed by atoms with Crippen LogP contribution in [0.3, 0.4) is 0 Å². The Kier molecular flexibility index (Phi) is 6.27. The summed E-state index contributed by atoms with van der Waals surface area (Å²) >= 11 is 12.8. The summed E-state index contributed by atoms with van der Waals surface area (Å²) in [5.41, 5.74) is 9.32. The van der Waals surface area contributed by atoms with E-state index in [1.807, 2.05) is 25.1 Å². The molecule has 3 aromatic carbocycles. The summed E-state index contributed by atoms with van der Waals surface area (Å²) < 4.78 is 5.35. The predicted molar refractivity (Wildman–Crippen MR) is 134 cm³/mol. The molecule has 4 unspecified atom stereocenters. The largest absolute Gasteiger partial charge is 0.508 e. The Hall–Kier alpha value is -2.97. The molecule has 9 heteroatoms. The van der Waals surface area contributed by atoms with Gasteiger partial charge in [0.1, 0.15) is 11.8 Å². The van der Waals surface area contributed by atoms with Crippen LogP contribution in [0.25, 0.3) is 0 Å². The SMILES string of the molecule is COc1cc(C2C3C(NNC3c3cc(Cl)c(C)cc3O)C(=O)N2Cc2ccccc2Cl)ccc1O. The number of hydrogen-bond acceptors (Lipinski definition) is 6. The van der Waals surface area contributed by atoms with Gasteiger partial charge in [-0.3, -0.25) is 4.79 Å². The number of carbonyl (C=O) groups is 1. The first kappa shape index (κ1) is 23.8. The van der Waals surface area contributed by atoms with Crippen molar-refractivity contribution in [3.05, 3.63) is 86.9 Å². The molecule has 1 amide bonds. The second-order valence-electron chi connectivity index (χ2n) is 8.92. The van der Waals surface area contributed by atoms with Gasteiger partial charge in [-0.2, -0.15) is 0 Å². The number of benzene rings is 3. The Morgan fingerprint density at radius 2 is 1.71 bits per heavy atom. The van der Waals surface area contributed by atoms with Crippen LogP contribution >= 0.6 is 23.2 Å². The molecular formula is C26H25Cl2N3O4. The number of fused-ring (bicyclic) bond motifs is 1. The molecule has 182 valence electrons. The van der Waals surface area contributed by atoms with Crippen molar-refractivity contribution in [3.8, 4) is 17.2 Å². The Bertz CT molecular complexity index is 1300. The van der Waals surface area contributed by atoms with Gasteiger partial charge in [0.15, 0.2) is 11.5 Å². The number of carbonyl (C=O) groups excluding carboxylic acids is 1. The second kappa shape index (κ2) is 9.24. The fraction of sp³-hybridized carbons (Fsp3) is 0.269. The van der Waals surface area contributed by atoms with Crippen molar-refractivity contribution in [1.82, 2.24) is 15.8 Å². The highest BCUT2D eigenvalue weighted by atomic mass is 35.5. The van der Waals surface area contributed by atoms with Crippen molar-refractivity contribution in [2.24, 2.45) is 5.92 Å². The lowest BCUT2D eigenvalue weighted by molar-refractivity contribution is -0.131. The van der Waals surface area contributed by atoms with Crippen molar-refractivity contribution in [2.75, 3.05) is 7.11 Å². The number of phenols is 2. The molecule has 7 nitrogen and oxygen atoms in total. The maximum Gasteiger partial charge on any atom is 0.242 e. The smallest absolute Gasteiger partial charge is 0.242 e. The summed E-state index contributed by atoms with van der Waals surface area (Å²) in [7, 11) is 1.48. The lowest BCUT2D eigenvalue weighted by atomic mass is 9.82. The molecule has 0 saturated carbocycles. The average Bonchev–Trinajstić information content (AvgIpc) is 3.37. The van der Waals surface area contributed by atoms with Gasteiger partial charge < -0.3 is 19.8 Å². The lowest BCUT2D eigenvalue weighted by Crippen LogP contribution is -2.41. The standard InChI is InChI=1S/C26H25Cl2N3O4/c1-13-9-20(33)16(11-18(13)28)23-22-24(30-29-23)26(34)31(12-15-5-3-4-6-17(15)27)25(22)14-7-8-19(32)21(10-14)35-2/h3-11,22-25,29-30,32-33H,12H2,1-2H3. The number of nitrogens with zero attached hydrogens (tertiary/aromatic N) is 1. The van der Waals surface area contributed by atoms with E-state index in [1.165, 1.54) is 7.11 Å². The lowest BCUT2D eigenvalue weighted by Gasteiger charge is -2.32. The van der Waals surface area contributed by atoms with Gasteiger partial charge in [-0.05, 0) is 53.9 Å². The van der Waals surface area contributed by atoms with Crippen LogP contribution in [0.2, 0.25) is 10.0 Å². The minimum absolute atomic E-state index is 0.0111. The zero-order valence-electron chi connectivity index (χ0n) is 19.1. The molecule has 5 rings (SSSR count). The number of likely N-dealkylation sites (tertiary alicyclic amines) is 1. The Labute approximate surface area is 213 Å². The fourth-order valence-electron chi connectivity index (χ4n) is 5.16. The summed E-state index contributed by atoms with van der Waals surface area (Å²) in [6.07, 6.45) is 0. The molecule has 4 atom stereocenters. The first-order chi connectivity index (χ1) is 16.8. The number of aromatic hydroxyl groups is 2. The highest BCUT2D eigenvalue weighted by Crippen LogP contribution is 2.50. The maximum absolute atomic E-state index is 13.7. The van der Waals surface area contributed by atoms with E-state index in [0.717, 1.165) is 16.7 Å². The summed E-state index contributed by atoms with van der Waals surface area (Å²) in [6, 6.07) is 14.5. The molecule has 0 aliphatic carbocycles. The number of ether oxygens (including phenoxy) is 1. The molecule has 2 aliphatic heterocycles. The minimum atomic E-state index is -0.549. The zero-order valence-corrected chi connectivity index (χ0v) is 20.6. The van der Waals surface area contributed by atoms with E-state index < -0.39 is 18.1 Å². The van der Waals surface area contributed by atoms with E-state index in [-0.39, 0.29) is 23.3 Å². The van der Waals surface area contributed by atoms with E-state index in [2.05, 4.69) is 10.9 Å². The molecule has 2 aliphatic rings. The summed E-state index contributed by atoms with van der Waals surface area (Å²) in [4.78, 5) is 15.5. The number of rotatable bonds is 5. The van der Waals surface area contributed by atoms with Crippen LogP contribution in [-0.2, 0) is 11.3 Å². The molecule has 3 aromatic rings. The van der Waals surface area contributed by atoms with Gasteiger partial charge in [0, 0.05) is 28.1 Å². The van der Waals surface area contributed by atoms with E-state index in [0.29, 0.717) is 27.9 Å². The van der Waals surface area contributed by atoms with Crippen molar-refractivity contribution in [1.29, 1.82) is 0 Å². The molecule has 0 spiro atoms. The van der Waals surface area contributed by atoms with Crippen LogP contribution in [-0.4, -0.2) is 34.2 Å². The Balaban J connectivity index is 1.63. The monoisotopic (exact) mass is 513 g/mol. The summed E-state index contributed by atoms with van der Waals surface area (Å²) in [6.45, 7) is 2.12. The van der Waals surface area contributed by atoms with E-state index in [9.17, 15) is 15.0 Å². The Morgan fingerprint density at radius 3 is 2.46 bits per heavy atom. The number of methoxy groups -OCH3 is 1. The van der Waals surface area contributed by atoms with Crippen molar-refractivity contribution < 1.29 is 19.7 Å². The van der Waals surface area contributed by atoms with Gasteiger partial charge in [0.05, 0.1) is 19.2 Å². The molecule has 0 aromatic heterocycles. The van der Waals surface area contributed by atoms with Crippen LogP contribution in [0.15, 0.2) is 54.6 Å². The van der Waals surface area contributed by atoms with E-state index in [1.54, 1.807) is 41.3 Å². The van der Waals surface area contributed by atoms with E-state index >= 15 is 0 Å². The number of phenolic OH excluding ortho intramolecular Hbond substituents is 2. The van der Waals surface area contributed by atoms with Gasteiger partial charge >= 0.3 is 0 Å². The number of aryl methyl sites for hydroxylation is 1. The van der Waals surface area contributed by atoms with Crippen LogP contribution in [0.1, 0.15) is 34.3 Å². The molecule has 4 N–H and O–H groups in total. The topological polar surface area (TPSA) is 94.1 Å². The molecule has 2 heterocycles. The first-order valence-electron chi connectivity index (χ1n) is 11.2. The van der Waals surface area contributed by atoms with Crippen molar-refractivity contribution in [2.45, 2.75) is 31.6 Å². The molecule has 2 saturated heterocycles. The third-order valence-corrected chi connectivity index (χ3v) is 7.68. The van der Waals surface area contributed by atoms with E-state index in [4.69, 9.17) is 27.9 Å². The van der Waals surface area contributed by atoms with Crippen molar-refractivity contribution in [3.63, 3.8) is 0 Å². The van der Waals surface area contributed by atoms with Crippen LogP contribution in [0.5, 0.6) is 17.2 Å². The summed E-state index contributed by atoms with van der Waals surface area (Å²) in [5, 5.41) is 22.1. The highest BCUT2D eigenvalue weighted by molar-refractivity contribution is 6.31. The average molecular weight is 514 g/mol. The van der Waals surface area contributed by atoms with Crippen LogP contribution in [0, 0.1) is 12.8 Å².